The summed E-state index contributed by atoms with van der Waals surface area (Å²) in [5, 5.41) is 3.58. The van der Waals surface area contributed by atoms with Crippen molar-refractivity contribution in [2.75, 3.05) is 33.5 Å². The average Bonchev–Trinajstić information content (AvgIpc) is 2.39. The first-order valence-corrected chi connectivity index (χ1v) is 5.98. The van der Waals surface area contributed by atoms with Gasteiger partial charge in [0.1, 0.15) is 11.5 Å². The van der Waals surface area contributed by atoms with Gasteiger partial charge in [0.25, 0.3) is 0 Å². The average molecular weight is 235 g/mol. The highest BCUT2D eigenvalue weighted by Gasteiger charge is 2.39. The molecule has 17 heavy (non-hydrogen) atoms. The second-order valence-electron chi connectivity index (χ2n) is 4.52. The summed E-state index contributed by atoms with van der Waals surface area (Å²) < 4.78 is 16.6. The van der Waals surface area contributed by atoms with Crippen molar-refractivity contribution >= 4 is 0 Å². The summed E-state index contributed by atoms with van der Waals surface area (Å²) in [5.41, 5.74) is 1.11. The summed E-state index contributed by atoms with van der Waals surface area (Å²) in [4.78, 5) is 0. The second-order valence-corrected chi connectivity index (χ2v) is 4.52. The Labute approximate surface area is 101 Å². The van der Waals surface area contributed by atoms with Gasteiger partial charge >= 0.3 is 0 Å². The highest BCUT2D eigenvalue weighted by Crippen LogP contribution is 2.39. The van der Waals surface area contributed by atoms with Crippen molar-refractivity contribution in [1.29, 1.82) is 0 Å². The van der Waals surface area contributed by atoms with E-state index in [0.717, 1.165) is 44.3 Å². The van der Waals surface area contributed by atoms with Crippen LogP contribution in [0.1, 0.15) is 12.0 Å². The lowest BCUT2D eigenvalue weighted by atomic mass is 9.84. The highest BCUT2D eigenvalue weighted by atomic mass is 16.5. The van der Waals surface area contributed by atoms with Crippen molar-refractivity contribution in [3.05, 3.63) is 23.8 Å². The standard InChI is InChI=1S/C13H17NO3/c1-15-10-2-3-11-12(8-10)17-6-4-13(11)9-16-7-5-14-13/h2-3,8,14H,4-7,9H2,1H3/t13-/m1/s1. The van der Waals surface area contributed by atoms with Gasteiger partial charge < -0.3 is 19.5 Å². The minimum Gasteiger partial charge on any atom is -0.497 e. The van der Waals surface area contributed by atoms with Crippen LogP contribution in [0.4, 0.5) is 0 Å². The van der Waals surface area contributed by atoms with Crippen molar-refractivity contribution in [3.8, 4) is 11.5 Å². The molecule has 4 nitrogen and oxygen atoms in total. The van der Waals surface area contributed by atoms with Gasteiger partial charge in [0.2, 0.25) is 0 Å². The summed E-state index contributed by atoms with van der Waals surface area (Å²) in [6.07, 6.45) is 0.951. The Morgan fingerprint density at radius 3 is 3.06 bits per heavy atom. The Kier molecular flexibility index (Phi) is 2.68. The van der Waals surface area contributed by atoms with Crippen LogP contribution >= 0.6 is 0 Å². The third kappa shape index (κ3) is 1.77. The molecule has 92 valence electrons. The first-order chi connectivity index (χ1) is 8.34. The predicted octanol–water partition coefficient (Wildman–Crippen LogP) is 1.29. The molecule has 0 saturated carbocycles. The van der Waals surface area contributed by atoms with Crippen LogP contribution in [-0.4, -0.2) is 33.5 Å². The first-order valence-electron chi connectivity index (χ1n) is 5.98. The number of benzene rings is 1. The number of rotatable bonds is 1. The van der Waals surface area contributed by atoms with Crippen LogP contribution in [0.15, 0.2) is 18.2 Å². The fourth-order valence-corrected chi connectivity index (χ4v) is 2.61. The fraction of sp³-hybridized carbons (Fsp3) is 0.538. The molecule has 2 aliphatic heterocycles. The van der Waals surface area contributed by atoms with Gasteiger partial charge in [-0.15, -0.1) is 0 Å². The Balaban J connectivity index is 2.01. The lowest BCUT2D eigenvalue weighted by Crippen LogP contribution is -2.53. The Morgan fingerprint density at radius 1 is 1.35 bits per heavy atom. The monoisotopic (exact) mass is 235 g/mol. The summed E-state index contributed by atoms with van der Waals surface area (Å²) in [6, 6.07) is 6.01. The van der Waals surface area contributed by atoms with Gasteiger partial charge in [-0.3, -0.25) is 0 Å². The molecule has 1 saturated heterocycles. The van der Waals surface area contributed by atoms with Gasteiger partial charge in [-0.25, -0.2) is 0 Å². The molecule has 0 unspecified atom stereocenters. The quantitative estimate of drug-likeness (QED) is 0.796. The largest absolute Gasteiger partial charge is 0.497 e. The molecular formula is C13H17NO3. The molecule has 1 spiro atoms. The van der Waals surface area contributed by atoms with Gasteiger partial charge in [0.15, 0.2) is 0 Å². The van der Waals surface area contributed by atoms with Crippen LogP contribution in [0, 0.1) is 0 Å². The third-order valence-corrected chi connectivity index (χ3v) is 3.55. The maximum Gasteiger partial charge on any atom is 0.128 e. The van der Waals surface area contributed by atoms with E-state index in [1.165, 1.54) is 5.56 Å². The number of morpholine rings is 1. The van der Waals surface area contributed by atoms with E-state index in [1.807, 2.05) is 12.1 Å². The molecule has 1 aromatic carbocycles. The topological polar surface area (TPSA) is 39.7 Å². The summed E-state index contributed by atoms with van der Waals surface area (Å²) >= 11 is 0. The predicted molar refractivity (Wildman–Crippen MR) is 63.6 cm³/mol. The molecule has 0 aliphatic carbocycles. The van der Waals surface area contributed by atoms with Gasteiger partial charge in [0, 0.05) is 24.6 Å². The third-order valence-electron chi connectivity index (χ3n) is 3.55. The van der Waals surface area contributed by atoms with E-state index >= 15 is 0 Å². The Bertz CT molecular complexity index is 413. The number of ether oxygens (including phenoxy) is 3. The van der Waals surface area contributed by atoms with Crippen molar-refractivity contribution in [3.63, 3.8) is 0 Å². The minimum atomic E-state index is -0.0713. The molecule has 0 amide bonds. The SMILES string of the molecule is COc1ccc2c(c1)OCC[C@@]21COCCN1. The molecule has 1 atom stereocenters. The van der Waals surface area contributed by atoms with Gasteiger partial charge in [-0.2, -0.15) is 0 Å². The molecule has 2 heterocycles. The first kappa shape index (κ1) is 10.9. The number of hydrogen-bond acceptors (Lipinski definition) is 4. The molecular weight excluding hydrogens is 218 g/mol. The normalized spacial score (nSPS) is 27.4. The van der Waals surface area contributed by atoms with E-state index in [9.17, 15) is 0 Å². The minimum absolute atomic E-state index is 0.0713. The molecule has 0 aromatic heterocycles. The maximum atomic E-state index is 5.72. The van der Waals surface area contributed by atoms with Crippen molar-refractivity contribution in [1.82, 2.24) is 5.32 Å². The van der Waals surface area contributed by atoms with E-state index in [1.54, 1.807) is 7.11 Å². The summed E-state index contributed by atoms with van der Waals surface area (Å²) in [5.74, 6) is 1.74. The summed E-state index contributed by atoms with van der Waals surface area (Å²) in [6.45, 7) is 3.12. The van der Waals surface area contributed by atoms with Gasteiger partial charge in [-0.1, -0.05) is 0 Å². The zero-order valence-corrected chi connectivity index (χ0v) is 9.99. The van der Waals surface area contributed by atoms with Gasteiger partial charge in [0.05, 0.1) is 32.5 Å². The lowest BCUT2D eigenvalue weighted by Gasteiger charge is -2.42. The van der Waals surface area contributed by atoms with Crippen LogP contribution in [0.2, 0.25) is 0 Å². The zero-order valence-electron chi connectivity index (χ0n) is 9.99. The van der Waals surface area contributed by atoms with Crippen molar-refractivity contribution in [2.45, 2.75) is 12.0 Å². The number of nitrogens with one attached hydrogen (secondary N) is 1. The Morgan fingerprint density at radius 2 is 2.29 bits per heavy atom. The van der Waals surface area contributed by atoms with E-state index in [0.29, 0.717) is 0 Å². The number of fused-ring (bicyclic) bond motifs is 2. The molecule has 4 heteroatoms. The zero-order chi connectivity index (χ0) is 11.7. The Hall–Kier alpha value is -1.26. The molecule has 3 rings (SSSR count). The summed E-state index contributed by atoms with van der Waals surface area (Å²) in [7, 11) is 1.67. The van der Waals surface area contributed by atoms with Crippen molar-refractivity contribution in [2.24, 2.45) is 0 Å². The van der Waals surface area contributed by atoms with Crippen LogP contribution in [-0.2, 0) is 10.3 Å². The molecule has 2 aliphatic rings. The van der Waals surface area contributed by atoms with E-state index in [-0.39, 0.29) is 5.54 Å². The molecule has 1 fully saturated rings. The van der Waals surface area contributed by atoms with E-state index in [4.69, 9.17) is 14.2 Å². The van der Waals surface area contributed by atoms with Crippen LogP contribution < -0.4 is 14.8 Å². The van der Waals surface area contributed by atoms with Crippen LogP contribution in [0.5, 0.6) is 11.5 Å². The van der Waals surface area contributed by atoms with Crippen LogP contribution in [0.3, 0.4) is 0 Å². The lowest BCUT2D eigenvalue weighted by molar-refractivity contribution is 0.00558. The van der Waals surface area contributed by atoms with Gasteiger partial charge in [-0.05, 0) is 12.1 Å². The molecule has 1 N–H and O–H groups in total. The second kappa shape index (κ2) is 4.20. The van der Waals surface area contributed by atoms with Crippen LogP contribution in [0.25, 0.3) is 0 Å². The molecule has 1 aromatic rings. The fourth-order valence-electron chi connectivity index (χ4n) is 2.61. The maximum absolute atomic E-state index is 5.72. The van der Waals surface area contributed by atoms with E-state index in [2.05, 4.69) is 11.4 Å². The van der Waals surface area contributed by atoms with E-state index < -0.39 is 0 Å². The molecule has 0 radical (unpaired) electrons. The van der Waals surface area contributed by atoms with Crippen molar-refractivity contribution < 1.29 is 14.2 Å². The number of methoxy groups -OCH3 is 1. The highest BCUT2D eigenvalue weighted by molar-refractivity contribution is 5.46. The number of hydrogen-bond donors (Lipinski definition) is 1. The smallest absolute Gasteiger partial charge is 0.128 e. The molecule has 0 bridgehead atoms.